The summed E-state index contributed by atoms with van der Waals surface area (Å²) < 4.78 is 0. The van der Waals surface area contributed by atoms with Crippen molar-refractivity contribution in [1.29, 1.82) is 0 Å². The van der Waals surface area contributed by atoms with E-state index in [0.29, 0.717) is 0 Å². The third kappa shape index (κ3) is 5.89. The molecule has 0 bridgehead atoms. The van der Waals surface area contributed by atoms with Crippen molar-refractivity contribution >= 4 is 0 Å². The molecule has 0 saturated carbocycles. The Kier molecular flexibility index (Phi) is 8.87. The fourth-order valence-electron chi connectivity index (χ4n) is 1.98. The molecule has 0 aliphatic carbocycles. The lowest BCUT2D eigenvalue weighted by molar-refractivity contribution is 0.313. The summed E-state index contributed by atoms with van der Waals surface area (Å²) in [5.74, 6) is 0. The van der Waals surface area contributed by atoms with Gasteiger partial charge in [-0.05, 0) is 39.3 Å². The van der Waals surface area contributed by atoms with Crippen molar-refractivity contribution in [3.05, 3.63) is 37.5 Å². The van der Waals surface area contributed by atoms with Gasteiger partial charge in [-0.15, -0.1) is 13.2 Å². The molecule has 1 rings (SSSR count). The lowest BCUT2D eigenvalue weighted by Crippen LogP contribution is -2.36. The third-order valence-electron chi connectivity index (χ3n) is 2.82. The predicted octanol–water partition coefficient (Wildman–Crippen LogP) is 2.73. The molecule has 0 unspecified atom stereocenters. The molecule has 2 heteroatoms. The molecule has 92 valence electrons. The summed E-state index contributed by atoms with van der Waals surface area (Å²) in [6, 6.07) is 0.261. The van der Waals surface area contributed by atoms with E-state index in [0.717, 1.165) is 13.0 Å². The van der Waals surface area contributed by atoms with Crippen LogP contribution in [0.3, 0.4) is 0 Å². The van der Waals surface area contributed by atoms with Crippen LogP contribution in [0.4, 0.5) is 0 Å². The second kappa shape index (κ2) is 9.37. The zero-order valence-corrected chi connectivity index (χ0v) is 10.6. The molecule has 1 atom stereocenters. The minimum atomic E-state index is 0.261. The highest BCUT2D eigenvalue weighted by molar-refractivity contribution is 5.16. The number of hydrogen-bond donors (Lipinski definition) is 1. The zero-order chi connectivity index (χ0) is 12.4. The average Bonchev–Trinajstić information content (AvgIpc) is 2.81. The molecule has 0 aromatic carbocycles. The molecule has 0 radical (unpaired) electrons. The molecule has 0 spiro atoms. The van der Waals surface area contributed by atoms with E-state index in [2.05, 4.69) is 30.7 Å². The molecule has 1 aliphatic heterocycles. The first-order chi connectivity index (χ1) is 7.76. The van der Waals surface area contributed by atoms with Crippen LogP contribution in [0.25, 0.3) is 0 Å². The smallest absolute Gasteiger partial charge is 0.0208 e. The van der Waals surface area contributed by atoms with Crippen LogP contribution in [0.1, 0.15) is 26.2 Å². The molecule has 1 saturated heterocycles. The number of hydrogen-bond acceptors (Lipinski definition) is 2. The Morgan fingerprint density at radius 3 is 2.38 bits per heavy atom. The molecule has 2 nitrogen and oxygen atoms in total. The highest BCUT2D eigenvalue weighted by Gasteiger charge is 2.14. The number of allylic oxidation sites excluding steroid dienone is 2. The van der Waals surface area contributed by atoms with Crippen molar-refractivity contribution in [2.75, 3.05) is 19.6 Å². The Hall–Kier alpha value is -0.860. The molecule has 0 aromatic heterocycles. The van der Waals surface area contributed by atoms with Gasteiger partial charge in [0.05, 0.1) is 0 Å². The summed E-state index contributed by atoms with van der Waals surface area (Å²) in [5.41, 5.74) is 7.34. The van der Waals surface area contributed by atoms with E-state index < -0.39 is 0 Å². The normalized spacial score (nSPS) is 18.8. The summed E-state index contributed by atoms with van der Waals surface area (Å²) in [6.07, 6.45) is 7.63. The van der Waals surface area contributed by atoms with E-state index in [9.17, 15) is 0 Å². The minimum absolute atomic E-state index is 0.261. The Morgan fingerprint density at radius 2 is 1.94 bits per heavy atom. The topological polar surface area (TPSA) is 29.3 Å². The van der Waals surface area contributed by atoms with Crippen molar-refractivity contribution in [2.45, 2.75) is 32.2 Å². The predicted molar refractivity (Wildman–Crippen MR) is 73.5 cm³/mol. The van der Waals surface area contributed by atoms with E-state index in [-0.39, 0.29) is 6.04 Å². The number of likely N-dealkylation sites (tertiary alicyclic amines) is 1. The Balaban J connectivity index is 0.00000106. The molecule has 1 heterocycles. The number of nitrogens with zero attached hydrogens (tertiary/aromatic N) is 1. The number of rotatable bonds is 5. The second-order valence-corrected chi connectivity index (χ2v) is 4.04. The van der Waals surface area contributed by atoms with E-state index >= 15 is 0 Å². The first kappa shape index (κ1) is 15.1. The second-order valence-electron chi connectivity index (χ2n) is 4.04. The number of nitrogens with two attached hydrogens (primary N) is 1. The highest BCUT2D eigenvalue weighted by atomic mass is 15.1. The molecule has 0 amide bonds. The maximum Gasteiger partial charge on any atom is 0.0208 e. The van der Waals surface area contributed by atoms with Gasteiger partial charge in [-0.3, -0.25) is 0 Å². The first-order valence-corrected chi connectivity index (χ1v) is 6.02. The van der Waals surface area contributed by atoms with Crippen LogP contribution >= 0.6 is 0 Å². The Labute approximate surface area is 101 Å². The molecule has 1 fully saturated rings. The summed E-state index contributed by atoms with van der Waals surface area (Å²) in [7, 11) is 0. The maximum absolute atomic E-state index is 6.08. The van der Waals surface area contributed by atoms with Crippen LogP contribution in [0.2, 0.25) is 0 Å². The Morgan fingerprint density at radius 1 is 1.38 bits per heavy atom. The third-order valence-corrected chi connectivity index (χ3v) is 2.82. The van der Waals surface area contributed by atoms with Gasteiger partial charge in [-0.25, -0.2) is 0 Å². The van der Waals surface area contributed by atoms with Crippen LogP contribution in [0.5, 0.6) is 0 Å². The van der Waals surface area contributed by atoms with Gasteiger partial charge in [0.1, 0.15) is 0 Å². The molecule has 16 heavy (non-hydrogen) atoms. The van der Waals surface area contributed by atoms with Gasteiger partial charge < -0.3 is 10.6 Å². The van der Waals surface area contributed by atoms with Crippen LogP contribution in [-0.2, 0) is 0 Å². The lowest BCUT2D eigenvalue weighted by Gasteiger charge is -2.20. The summed E-state index contributed by atoms with van der Waals surface area (Å²) >= 11 is 0. The summed E-state index contributed by atoms with van der Waals surface area (Å²) in [5, 5.41) is 0. The van der Waals surface area contributed by atoms with Gasteiger partial charge in [0.25, 0.3) is 0 Å². The average molecular weight is 222 g/mol. The largest absolute Gasteiger partial charge is 0.326 e. The van der Waals surface area contributed by atoms with Crippen LogP contribution in [0, 0.1) is 0 Å². The fraction of sp³-hybridized carbons (Fsp3) is 0.571. The van der Waals surface area contributed by atoms with Gasteiger partial charge in [0.15, 0.2) is 0 Å². The van der Waals surface area contributed by atoms with Gasteiger partial charge in [0, 0.05) is 12.6 Å². The summed E-state index contributed by atoms with van der Waals surface area (Å²) in [4.78, 5) is 2.46. The zero-order valence-electron chi connectivity index (χ0n) is 10.6. The quantitative estimate of drug-likeness (QED) is 0.572. The van der Waals surface area contributed by atoms with Gasteiger partial charge in [-0.1, -0.05) is 24.3 Å². The van der Waals surface area contributed by atoms with Gasteiger partial charge in [0.2, 0.25) is 0 Å². The van der Waals surface area contributed by atoms with Crippen molar-refractivity contribution in [1.82, 2.24) is 4.90 Å². The summed E-state index contributed by atoms with van der Waals surface area (Å²) in [6.45, 7) is 15.3. The van der Waals surface area contributed by atoms with Crippen LogP contribution in [0.15, 0.2) is 37.5 Å². The maximum atomic E-state index is 6.08. The molecule has 0 aromatic rings. The molecular weight excluding hydrogens is 196 g/mol. The standard InChI is InChI=1S/C12H22N2.C2H4/c1-3-11(4-2)9-12(13)10-14-7-5-6-8-14;1-2/h3-4,12H,1,5-10,13H2,2H3;1-2H2/b11-4+;/t12-;/m0./s1. The van der Waals surface area contributed by atoms with E-state index in [1.165, 1.54) is 31.5 Å². The van der Waals surface area contributed by atoms with E-state index in [1.54, 1.807) is 0 Å². The first-order valence-electron chi connectivity index (χ1n) is 6.02. The van der Waals surface area contributed by atoms with Crippen LogP contribution < -0.4 is 5.73 Å². The van der Waals surface area contributed by atoms with Crippen LogP contribution in [-0.4, -0.2) is 30.6 Å². The molecular formula is C14H26N2. The van der Waals surface area contributed by atoms with Crippen molar-refractivity contribution in [3.63, 3.8) is 0 Å². The monoisotopic (exact) mass is 222 g/mol. The van der Waals surface area contributed by atoms with Crippen molar-refractivity contribution in [3.8, 4) is 0 Å². The minimum Gasteiger partial charge on any atom is -0.326 e. The molecule has 1 aliphatic rings. The Bertz CT molecular complexity index is 215. The SMILES string of the molecule is C=C.C=C/C(=C\C)C[C@H](N)CN1CCCC1. The van der Waals surface area contributed by atoms with E-state index in [4.69, 9.17) is 5.73 Å². The lowest BCUT2D eigenvalue weighted by atomic mass is 10.1. The molecule has 2 N–H and O–H groups in total. The fourth-order valence-corrected chi connectivity index (χ4v) is 1.98. The van der Waals surface area contributed by atoms with Gasteiger partial charge in [-0.2, -0.15) is 0 Å². The highest BCUT2D eigenvalue weighted by Crippen LogP contribution is 2.11. The van der Waals surface area contributed by atoms with Crippen molar-refractivity contribution < 1.29 is 0 Å². The van der Waals surface area contributed by atoms with Gasteiger partial charge >= 0.3 is 0 Å². The van der Waals surface area contributed by atoms with Crippen molar-refractivity contribution in [2.24, 2.45) is 5.73 Å². The van der Waals surface area contributed by atoms with E-state index in [1.807, 2.05) is 13.0 Å².